The first kappa shape index (κ1) is 18.9. The number of anilines is 3. The van der Waals surface area contributed by atoms with Gasteiger partial charge in [0.1, 0.15) is 0 Å². The average molecular weight is 387 g/mol. The molecule has 0 unspecified atom stereocenters. The maximum absolute atomic E-state index is 12.5. The minimum atomic E-state index is -0.217. The molecule has 6 heteroatoms. The van der Waals surface area contributed by atoms with Gasteiger partial charge in [0.25, 0.3) is 5.91 Å². The average Bonchev–Trinajstić information content (AvgIpc) is 2.80. The minimum Gasteiger partial charge on any atom is -0.372 e. The van der Waals surface area contributed by atoms with Gasteiger partial charge < -0.3 is 15.5 Å². The number of benzene rings is 2. The number of piperidine rings is 1. The highest BCUT2D eigenvalue weighted by Gasteiger charge is 2.12. The molecule has 1 aliphatic rings. The third-order valence-corrected chi connectivity index (χ3v) is 5.05. The van der Waals surface area contributed by atoms with E-state index in [0.29, 0.717) is 18.1 Å². The van der Waals surface area contributed by atoms with Gasteiger partial charge in [0, 0.05) is 43.4 Å². The van der Waals surface area contributed by atoms with Crippen LogP contribution >= 0.6 is 0 Å². The predicted octanol–water partition coefficient (Wildman–Crippen LogP) is 4.33. The lowest BCUT2D eigenvalue weighted by Gasteiger charge is -2.28. The minimum absolute atomic E-state index is 0.217. The molecule has 1 amide bonds. The molecule has 0 atom stereocenters. The van der Waals surface area contributed by atoms with Gasteiger partial charge in [-0.25, -0.2) is 9.97 Å². The number of carbonyl (C=O) groups excluding carboxylic acids is 1. The fourth-order valence-electron chi connectivity index (χ4n) is 3.42. The molecule has 1 fully saturated rings. The first-order chi connectivity index (χ1) is 14.3. The Bertz CT molecular complexity index is 920. The predicted molar refractivity (Wildman–Crippen MR) is 116 cm³/mol. The molecule has 1 aliphatic heterocycles. The highest BCUT2D eigenvalue weighted by molar-refractivity contribution is 6.03. The molecule has 2 N–H and O–H groups in total. The van der Waals surface area contributed by atoms with E-state index in [1.165, 1.54) is 37.3 Å². The van der Waals surface area contributed by atoms with Crippen molar-refractivity contribution in [3.63, 3.8) is 0 Å². The summed E-state index contributed by atoms with van der Waals surface area (Å²) < 4.78 is 0. The maximum atomic E-state index is 12.5. The van der Waals surface area contributed by atoms with Crippen LogP contribution in [0.4, 0.5) is 17.3 Å². The van der Waals surface area contributed by atoms with Gasteiger partial charge in [0.2, 0.25) is 5.95 Å². The Balaban J connectivity index is 1.32. The summed E-state index contributed by atoms with van der Waals surface area (Å²) in [6.07, 6.45) is 6.88. The molecule has 0 radical (unpaired) electrons. The van der Waals surface area contributed by atoms with Crippen LogP contribution < -0.4 is 15.5 Å². The molecule has 1 aromatic heterocycles. The zero-order chi connectivity index (χ0) is 19.9. The summed E-state index contributed by atoms with van der Waals surface area (Å²) in [5.41, 5.74) is 3.54. The lowest BCUT2D eigenvalue weighted by molar-refractivity contribution is 0.102. The quantitative estimate of drug-likeness (QED) is 0.659. The van der Waals surface area contributed by atoms with E-state index in [-0.39, 0.29) is 5.91 Å². The molecule has 0 bridgehead atoms. The maximum Gasteiger partial charge on any atom is 0.258 e. The number of rotatable bonds is 6. The zero-order valence-electron chi connectivity index (χ0n) is 16.3. The molecule has 4 rings (SSSR count). The van der Waals surface area contributed by atoms with Crippen molar-refractivity contribution in [2.75, 3.05) is 28.6 Å². The summed E-state index contributed by atoms with van der Waals surface area (Å²) in [7, 11) is 0. The Hall–Kier alpha value is -3.41. The number of nitrogens with one attached hydrogen (secondary N) is 2. The molecule has 0 saturated carbocycles. The standard InChI is InChI=1S/C23H25N5O/c29-22(27-20-9-11-21(12-10-20)28-13-5-2-6-14-28)19-16-25-23(26-17-19)24-15-18-7-3-1-4-8-18/h1,3-4,7-12,16-17H,2,5-6,13-15H2,(H,27,29)(H,24,25,26). The lowest BCUT2D eigenvalue weighted by Crippen LogP contribution is -2.29. The third-order valence-electron chi connectivity index (χ3n) is 5.05. The molecular formula is C23H25N5O. The summed E-state index contributed by atoms with van der Waals surface area (Å²) in [5, 5.41) is 6.06. The van der Waals surface area contributed by atoms with E-state index in [1.807, 2.05) is 42.5 Å². The van der Waals surface area contributed by atoms with Crippen LogP contribution in [0.3, 0.4) is 0 Å². The second kappa shape index (κ2) is 9.19. The van der Waals surface area contributed by atoms with Crippen molar-refractivity contribution < 1.29 is 4.79 Å². The fraction of sp³-hybridized carbons (Fsp3) is 0.261. The van der Waals surface area contributed by atoms with Gasteiger partial charge in [-0.1, -0.05) is 30.3 Å². The van der Waals surface area contributed by atoms with Crippen LogP contribution in [0.2, 0.25) is 0 Å². The number of hydrogen-bond acceptors (Lipinski definition) is 5. The van der Waals surface area contributed by atoms with Crippen molar-refractivity contribution in [2.24, 2.45) is 0 Å². The Kier molecular flexibility index (Phi) is 6.00. The van der Waals surface area contributed by atoms with Gasteiger partial charge in [0.05, 0.1) is 5.56 Å². The Morgan fingerprint density at radius 2 is 1.59 bits per heavy atom. The molecule has 1 saturated heterocycles. The number of carbonyl (C=O) groups is 1. The van der Waals surface area contributed by atoms with Crippen molar-refractivity contribution in [3.8, 4) is 0 Å². The fourth-order valence-corrected chi connectivity index (χ4v) is 3.42. The molecule has 3 aromatic rings. The van der Waals surface area contributed by atoms with Gasteiger partial charge in [0.15, 0.2) is 0 Å². The summed E-state index contributed by atoms with van der Waals surface area (Å²) in [6, 6.07) is 18.0. The Morgan fingerprint density at radius 3 is 2.28 bits per heavy atom. The van der Waals surface area contributed by atoms with E-state index in [9.17, 15) is 4.79 Å². The molecule has 0 aliphatic carbocycles. The highest BCUT2D eigenvalue weighted by Crippen LogP contribution is 2.22. The van der Waals surface area contributed by atoms with Gasteiger partial charge in [-0.3, -0.25) is 4.79 Å². The van der Waals surface area contributed by atoms with Crippen molar-refractivity contribution in [2.45, 2.75) is 25.8 Å². The van der Waals surface area contributed by atoms with Crippen LogP contribution in [-0.4, -0.2) is 29.0 Å². The molecule has 6 nitrogen and oxygen atoms in total. The molecule has 2 aromatic carbocycles. The monoisotopic (exact) mass is 387 g/mol. The van der Waals surface area contributed by atoms with Gasteiger partial charge in [-0.2, -0.15) is 0 Å². The van der Waals surface area contributed by atoms with Crippen molar-refractivity contribution in [1.29, 1.82) is 0 Å². The SMILES string of the molecule is O=C(Nc1ccc(N2CCCCC2)cc1)c1cnc(NCc2ccccc2)nc1. The molecular weight excluding hydrogens is 362 g/mol. The van der Waals surface area contributed by atoms with Gasteiger partial charge in [-0.05, 0) is 49.1 Å². The lowest BCUT2D eigenvalue weighted by atomic mass is 10.1. The van der Waals surface area contributed by atoms with E-state index in [2.05, 4.69) is 37.6 Å². The van der Waals surface area contributed by atoms with E-state index in [1.54, 1.807) is 0 Å². The second-order valence-corrected chi connectivity index (χ2v) is 7.18. The molecule has 2 heterocycles. The van der Waals surface area contributed by atoms with E-state index >= 15 is 0 Å². The second-order valence-electron chi connectivity index (χ2n) is 7.18. The van der Waals surface area contributed by atoms with Crippen LogP contribution in [-0.2, 0) is 6.54 Å². The van der Waals surface area contributed by atoms with Gasteiger partial charge >= 0.3 is 0 Å². The molecule has 0 spiro atoms. The van der Waals surface area contributed by atoms with Crippen molar-refractivity contribution in [3.05, 3.63) is 78.1 Å². The number of hydrogen-bond donors (Lipinski definition) is 2. The summed E-state index contributed by atoms with van der Waals surface area (Å²) in [6.45, 7) is 2.84. The van der Waals surface area contributed by atoms with Crippen LogP contribution in [0.15, 0.2) is 67.0 Å². The smallest absolute Gasteiger partial charge is 0.258 e. The van der Waals surface area contributed by atoms with Crippen LogP contribution in [0.5, 0.6) is 0 Å². The Morgan fingerprint density at radius 1 is 0.897 bits per heavy atom. The number of amides is 1. The largest absolute Gasteiger partial charge is 0.372 e. The van der Waals surface area contributed by atoms with Crippen LogP contribution in [0.1, 0.15) is 35.2 Å². The number of aromatic nitrogens is 2. The molecule has 29 heavy (non-hydrogen) atoms. The van der Waals surface area contributed by atoms with E-state index in [0.717, 1.165) is 24.3 Å². The summed E-state index contributed by atoms with van der Waals surface area (Å²) >= 11 is 0. The topological polar surface area (TPSA) is 70.2 Å². The summed E-state index contributed by atoms with van der Waals surface area (Å²) in [5.74, 6) is 0.279. The van der Waals surface area contributed by atoms with Crippen molar-refractivity contribution >= 4 is 23.2 Å². The molecule has 148 valence electrons. The first-order valence-corrected chi connectivity index (χ1v) is 10.0. The summed E-state index contributed by atoms with van der Waals surface area (Å²) in [4.78, 5) is 23.3. The van der Waals surface area contributed by atoms with E-state index < -0.39 is 0 Å². The number of nitrogens with zero attached hydrogens (tertiary/aromatic N) is 3. The van der Waals surface area contributed by atoms with Crippen LogP contribution in [0.25, 0.3) is 0 Å². The normalized spacial score (nSPS) is 13.7. The van der Waals surface area contributed by atoms with Gasteiger partial charge in [-0.15, -0.1) is 0 Å². The Labute approximate surface area is 171 Å². The van der Waals surface area contributed by atoms with Crippen molar-refractivity contribution in [1.82, 2.24) is 9.97 Å². The zero-order valence-corrected chi connectivity index (χ0v) is 16.3. The third kappa shape index (κ3) is 5.10. The van der Waals surface area contributed by atoms with Crippen LogP contribution in [0, 0.1) is 0 Å². The van der Waals surface area contributed by atoms with E-state index in [4.69, 9.17) is 0 Å². The first-order valence-electron chi connectivity index (χ1n) is 10.0. The highest BCUT2D eigenvalue weighted by atomic mass is 16.1.